The van der Waals surface area contributed by atoms with Crippen molar-refractivity contribution < 1.29 is 13.2 Å². The van der Waals surface area contributed by atoms with Gasteiger partial charge in [-0.2, -0.15) is 0 Å². The molecule has 0 heterocycles. The van der Waals surface area contributed by atoms with Gasteiger partial charge in [0.05, 0.1) is 4.90 Å². The van der Waals surface area contributed by atoms with Crippen LogP contribution in [0.2, 0.25) is 0 Å². The van der Waals surface area contributed by atoms with Crippen LogP contribution in [0.15, 0.2) is 17.0 Å². The Morgan fingerprint density at radius 1 is 1.35 bits per heavy atom. The first-order valence-electron chi connectivity index (χ1n) is 6.55. The molecule has 1 fully saturated rings. The van der Waals surface area contributed by atoms with E-state index in [2.05, 4.69) is 12.2 Å². The van der Waals surface area contributed by atoms with Crippen LogP contribution in [-0.2, 0) is 10.0 Å². The zero-order chi connectivity index (χ0) is 15.1. The van der Waals surface area contributed by atoms with E-state index >= 15 is 0 Å². The van der Waals surface area contributed by atoms with Gasteiger partial charge in [0.1, 0.15) is 0 Å². The number of nitrogens with one attached hydrogen (secondary N) is 1. The van der Waals surface area contributed by atoms with Gasteiger partial charge in [0.15, 0.2) is 0 Å². The lowest BCUT2D eigenvalue weighted by molar-refractivity contribution is 0.0945. The number of hydrogen-bond donors (Lipinski definition) is 2. The Hall–Kier alpha value is -1.40. The number of carbonyl (C=O) groups is 1. The van der Waals surface area contributed by atoms with E-state index in [1.54, 1.807) is 13.8 Å². The molecule has 1 amide bonds. The molecule has 6 heteroatoms. The third-order valence-corrected chi connectivity index (χ3v) is 4.89. The van der Waals surface area contributed by atoms with Crippen molar-refractivity contribution in [2.45, 2.75) is 38.5 Å². The van der Waals surface area contributed by atoms with E-state index in [0.29, 0.717) is 12.1 Å². The van der Waals surface area contributed by atoms with Crippen molar-refractivity contribution in [2.24, 2.45) is 10.6 Å². The Morgan fingerprint density at radius 3 is 2.45 bits per heavy atom. The highest BCUT2D eigenvalue weighted by molar-refractivity contribution is 7.89. The molecule has 110 valence electrons. The smallest absolute Gasteiger partial charge is 0.251 e. The van der Waals surface area contributed by atoms with Gasteiger partial charge in [-0.15, -0.1) is 0 Å². The summed E-state index contributed by atoms with van der Waals surface area (Å²) in [6.45, 7) is 6.30. The van der Waals surface area contributed by atoms with Gasteiger partial charge in [-0.1, -0.05) is 6.92 Å². The zero-order valence-electron chi connectivity index (χ0n) is 12.0. The molecule has 5 nitrogen and oxygen atoms in total. The van der Waals surface area contributed by atoms with Gasteiger partial charge in [0.25, 0.3) is 5.91 Å². The molecule has 0 unspecified atom stereocenters. The third kappa shape index (κ3) is 3.19. The first kappa shape index (κ1) is 15.0. The topological polar surface area (TPSA) is 89.3 Å². The Labute approximate surface area is 119 Å². The number of aryl methyl sites for hydroxylation is 1. The Bertz CT molecular complexity index is 661. The molecule has 20 heavy (non-hydrogen) atoms. The molecule has 1 aliphatic rings. The van der Waals surface area contributed by atoms with Crippen molar-refractivity contribution in [3.05, 3.63) is 28.8 Å². The Kier molecular flexibility index (Phi) is 3.64. The lowest BCUT2D eigenvalue weighted by atomic mass is 10.0. The molecule has 0 aliphatic heterocycles. The second kappa shape index (κ2) is 4.86. The van der Waals surface area contributed by atoms with Crippen molar-refractivity contribution in [3.63, 3.8) is 0 Å². The van der Waals surface area contributed by atoms with Crippen LogP contribution in [0.3, 0.4) is 0 Å². The van der Waals surface area contributed by atoms with E-state index in [1.807, 2.05) is 0 Å². The van der Waals surface area contributed by atoms with E-state index in [0.717, 1.165) is 24.0 Å². The van der Waals surface area contributed by atoms with Crippen LogP contribution < -0.4 is 10.5 Å². The Morgan fingerprint density at radius 2 is 1.95 bits per heavy atom. The SMILES string of the molecule is Cc1cc(S(N)(=O)=O)cc(C(=O)NCC2(C)CC2)c1C. The van der Waals surface area contributed by atoms with Crippen LogP contribution >= 0.6 is 0 Å². The average Bonchev–Trinajstić information content (AvgIpc) is 3.07. The van der Waals surface area contributed by atoms with E-state index in [1.165, 1.54) is 12.1 Å². The third-order valence-electron chi connectivity index (χ3n) is 3.99. The zero-order valence-corrected chi connectivity index (χ0v) is 12.8. The van der Waals surface area contributed by atoms with Crippen molar-refractivity contribution in [1.82, 2.24) is 5.32 Å². The number of primary sulfonamides is 1. The number of carbonyl (C=O) groups excluding carboxylic acids is 1. The van der Waals surface area contributed by atoms with Gasteiger partial charge in [-0.05, 0) is 55.4 Å². The Balaban J connectivity index is 2.30. The maximum Gasteiger partial charge on any atom is 0.251 e. The van der Waals surface area contributed by atoms with Crippen molar-refractivity contribution >= 4 is 15.9 Å². The molecular formula is C14H20N2O3S. The van der Waals surface area contributed by atoms with Crippen LogP contribution in [0, 0.1) is 19.3 Å². The predicted octanol–water partition coefficient (Wildman–Crippen LogP) is 1.48. The number of nitrogens with two attached hydrogens (primary N) is 1. The highest BCUT2D eigenvalue weighted by Gasteiger charge is 2.37. The van der Waals surface area contributed by atoms with Gasteiger partial charge in [0.2, 0.25) is 10.0 Å². The normalized spacial score (nSPS) is 16.8. The number of hydrogen-bond acceptors (Lipinski definition) is 3. The maximum absolute atomic E-state index is 12.2. The van der Waals surface area contributed by atoms with Gasteiger partial charge in [-0.25, -0.2) is 13.6 Å². The number of benzene rings is 1. The summed E-state index contributed by atoms with van der Waals surface area (Å²) >= 11 is 0. The molecule has 1 saturated carbocycles. The fourth-order valence-corrected chi connectivity index (χ4v) is 2.63. The molecule has 0 saturated heterocycles. The highest BCUT2D eigenvalue weighted by atomic mass is 32.2. The van der Waals surface area contributed by atoms with Crippen LogP contribution in [-0.4, -0.2) is 20.9 Å². The highest BCUT2D eigenvalue weighted by Crippen LogP contribution is 2.44. The van der Waals surface area contributed by atoms with Crippen LogP contribution in [0.4, 0.5) is 0 Å². The summed E-state index contributed by atoms with van der Waals surface area (Å²) in [5, 5.41) is 8.01. The van der Waals surface area contributed by atoms with Crippen LogP contribution in [0.1, 0.15) is 41.3 Å². The predicted molar refractivity (Wildman–Crippen MR) is 77.0 cm³/mol. The molecule has 0 atom stereocenters. The molecule has 0 aromatic heterocycles. The molecule has 2 rings (SSSR count). The number of sulfonamides is 1. The summed E-state index contributed by atoms with van der Waals surface area (Å²) in [6.07, 6.45) is 2.23. The quantitative estimate of drug-likeness (QED) is 0.882. The van der Waals surface area contributed by atoms with Gasteiger partial charge in [0, 0.05) is 12.1 Å². The fourth-order valence-electron chi connectivity index (χ4n) is 2.01. The molecule has 1 aromatic rings. The standard InChI is InChI=1S/C14H20N2O3S/c1-9-6-11(20(15,18)19)7-12(10(9)2)13(17)16-8-14(3)4-5-14/h6-7H,4-5,8H2,1-3H3,(H,16,17)(H2,15,18,19). The largest absolute Gasteiger partial charge is 0.351 e. The fraction of sp³-hybridized carbons (Fsp3) is 0.500. The van der Waals surface area contributed by atoms with Crippen molar-refractivity contribution in [2.75, 3.05) is 6.54 Å². The molecule has 0 spiro atoms. The van der Waals surface area contributed by atoms with E-state index in [9.17, 15) is 13.2 Å². The number of amides is 1. The first-order valence-corrected chi connectivity index (χ1v) is 8.09. The minimum absolute atomic E-state index is 0.0246. The summed E-state index contributed by atoms with van der Waals surface area (Å²) in [6, 6.07) is 2.84. The second-order valence-corrected chi connectivity index (χ2v) is 7.51. The molecular weight excluding hydrogens is 276 g/mol. The summed E-state index contributed by atoms with van der Waals surface area (Å²) in [4.78, 5) is 12.2. The second-order valence-electron chi connectivity index (χ2n) is 5.95. The van der Waals surface area contributed by atoms with Gasteiger partial charge in [-0.3, -0.25) is 4.79 Å². The van der Waals surface area contributed by atoms with Crippen molar-refractivity contribution in [1.29, 1.82) is 0 Å². The van der Waals surface area contributed by atoms with Gasteiger partial charge >= 0.3 is 0 Å². The van der Waals surface area contributed by atoms with Crippen LogP contribution in [0.25, 0.3) is 0 Å². The summed E-state index contributed by atoms with van der Waals surface area (Å²) in [5.41, 5.74) is 2.09. The molecule has 0 radical (unpaired) electrons. The van der Waals surface area contributed by atoms with Crippen molar-refractivity contribution in [3.8, 4) is 0 Å². The monoisotopic (exact) mass is 296 g/mol. The summed E-state index contributed by atoms with van der Waals surface area (Å²) < 4.78 is 22.9. The van der Waals surface area contributed by atoms with Crippen LogP contribution in [0.5, 0.6) is 0 Å². The first-order chi connectivity index (χ1) is 9.12. The maximum atomic E-state index is 12.2. The minimum Gasteiger partial charge on any atom is -0.351 e. The lowest BCUT2D eigenvalue weighted by Crippen LogP contribution is -2.30. The van der Waals surface area contributed by atoms with Gasteiger partial charge < -0.3 is 5.32 Å². The molecule has 3 N–H and O–H groups in total. The lowest BCUT2D eigenvalue weighted by Gasteiger charge is -2.14. The summed E-state index contributed by atoms with van der Waals surface area (Å²) in [7, 11) is -3.81. The van der Waals surface area contributed by atoms with E-state index in [4.69, 9.17) is 5.14 Å². The average molecular weight is 296 g/mol. The summed E-state index contributed by atoms with van der Waals surface area (Å²) in [5.74, 6) is -0.246. The molecule has 1 aliphatic carbocycles. The minimum atomic E-state index is -3.81. The molecule has 0 bridgehead atoms. The molecule has 1 aromatic carbocycles. The van der Waals surface area contributed by atoms with E-state index < -0.39 is 10.0 Å². The van der Waals surface area contributed by atoms with E-state index in [-0.39, 0.29) is 16.2 Å². The number of rotatable bonds is 4.